The molecule has 2 nitrogen and oxygen atoms in total. The quantitative estimate of drug-likeness (QED) is 0.0519. The Labute approximate surface area is 273 Å². The first-order valence-electron chi connectivity index (χ1n) is 20.4. The minimum atomic E-state index is 0.0372. The van der Waals surface area contributed by atoms with Gasteiger partial charge >= 0.3 is 5.97 Å². The summed E-state index contributed by atoms with van der Waals surface area (Å²) in [5.74, 6) is 0.927. The second-order valence-electron chi connectivity index (χ2n) is 14.1. The summed E-state index contributed by atoms with van der Waals surface area (Å²) >= 11 is 0. The van der Waals surface area contributed by atoms with Crippen molar-refractivity contribution in [3.8, 4) is 0 Å². The highest BCUT2D eigenvalue weighted by atomic mass is 16.5. The molecule has 0 saturated carbocycles. The lowest BCUT2D eigenvalue weighted by Crippen LogP contribution is -2.07. The SMILES string of the molecule is CCCCCCCCCCCCC(CCCCCCCCCCCC)CCCCOC(=O)CCCCCCCCCCC. The van der Waals surface area contributed by atoms with Crippen LogP contribution in [0, 0.1) is 5.92 Å². The van der Waals surface area contributed by atoms with E-state index in [9.17, 15) is 4.79 Å². The molecule has 0 unspecified atom stereocenters. The summed E-state index contributed by atoms with van der Waals surface area (Å²) in [7, 11) is 0. The molecule has 0 amide bonds. The number of rotatable bonds is 37. The third-order valence-electron chi connectivity index (χ3n) is 9.69. The van der Waals surface area contributed by atoms with E-state index in [2.05, 4.69) is 20.8 Å². The van der Waals surface area contributed by atoms with Gasteiger partial charge in [-0.3, -0.25) is 4.79 Å². The zero-order chi connectivity index (χ0) is 31.3. The van der Waals surface area contributed by atoms with Crippen molar-refractivity contribution in [2.45, 2.75) is 245 Å². The molecule has 0 bridgehead atoms. The van der Waals surface area contributed by atoms with Gasteiger partial charge in [-0.25, -0.2) is 0 Å². The van der Waals surface area contributed by atoms with Crippen LogP contribution >= 0.6 is 0 Å². The first-order valence-corrected chi connectivity index (χ1v) is 20.4. The van der Waals surface area contributed by atoms with E-state index in [1.165, 1.54) is 205 Å². The highest BCUT2D eigenvalue weighted by Crippen LogP contribution is 2.24. The molecule has 43 heavy (non-hydrogen) atoms. The zero-order valence-corrected chi connectivity index (χ0v) is 30.3. The van der Waals surface area contributed by atoms with Crippen LogP contribution < -0.4 is 0 Å². The second-order valence-corrected chi connectivity index (χ2v) is 14.1. The molecule has 0 aromatic rings. The van der Waals surface area contributed by atoms with Gasteiger partial charge in [0.05, 0.1) is 6.61 Å². The Morgan fingerprint density at radius 2 is 0.651 bits per heavy atom. The van der Waals surface area contributed by atoms with Gasteiger partial charge in [0.25, 0.3) is 0 Å². The van der Waals surface area contributed by atoms with E-state index < -0.39 is 0 Å². The summed E-state index contributed by atoms with van der Waals surface area (Å²) in [6.07, 6.45) is 47.3. The van der Waals surface area contributed by atoms with E-state index in [4.69, 9.17) is 4.74 Å². The molecule has 0 radical (unpaired) electrons. The molecule has 0 saturated heterocycles. The molecule has 0 aliphatic carbocycles. The molecule has 0 atom stereocenters. The molecule has 0 spiro atoms. The monoisotopic (exact) mass is 607 g/mol. The Balaban J connectivity index is 3.97. The van der Waals surface area contributed by atoms with Crippen molar-refractivity contribution in [2.24, 2.45) is 5.92 Å². The van der Waals surface area contributed by atoms with Gasteiger partial charge in [-0.05, 0) is 25.2 Å². The summed E-state index contributed by atoms with van der Waals surface area (Å²) in [4.78, 5) is 12.2. The molecule has 2 heteroatoms. The summed E-state index contributed by atoms with van der Waals surface area (Å²) in [5.41, 5.74) is 0. The molecule has 0 aliphatic heterocycles. The number of esters is 1. The molecular weight excluding hydrogens is 524 g/mol. The third-order valence-corrected chi connectivity index (χ3v) is 9.69. The topological polar surface area (TPSA) is 26.3 Å². The summed E-state index contributed by atoms with van der Waals surface area (Å²) < 4.78 is 5.59. The number of carbonyl (C=O) groups is 1. The highest BCUT2D eigenvalue weighted by Gasteiger charge is 2.10. The lowest BCUT2D eigenvalue weighted by atomic mass is 9.90. The average Bonchev–Trinajstić information content (AvgIpc) is 3.01. The fourth-order valence-corrected chi connectivity index (χ4v) is 6.65. The van der Waals surface area contributed by atoms with Crippen LogP contribution in [0.15, 0.2) is 0 Å². The lowest BCUT2D eigenvalue weighted by Gasteiger charge is -2.17. The predicted octanol–water partition coefficient (Wildman–Crippen LogP) is 14.9. The minimum absolute atomic E-state index is 0.0372. The van der Waals surface area contributed by atoms with Crippen LogP contribution in [0.2, 0.25) is 0 Å². The van der Waals surface area contributed by atoms with E-state index in [0.717, 1.165) is 18.8 Å². The highest BCUT2D eigenvalue weighted by molar-refractivity contribution is 5.69. The molecule has 0 aliphatic rings. The summed E-state index contributed by atoms with van der Waals surface area (Å²) in [5, 5.41) is 0. The molecule has 0 fully saturated rings. The fourth-order valence-electron chi connectivity index (χ4n) is 6.65. The molecule has 258 valence electrons. The smallest absolute Gasteiger partial charge is 0.305 e. The maximum Gasteiger partial charge on any atom is 0.305 e. The van der Waals surface area contributed by atoms with Crippen LogP contribution in [-0.2, 0) is 9.53 Å². The van der Waals surface area contributed by atoms with Crippen molar-refractivity contribution < 1.29 is 9.53 Å². The van der Waals surface area contributed by atoms with Gasteiger partial charge in [-0.2, -0.15) is 0 Å². The number of ether oxygens (including phenoxy) is 1. The Bertz CT molecular complexity index is 492. The van der Waals surface area contributed by atoms with Crippen molar-refractivity contribution in [3.63, 3.8) is 0 Å². The van der Waals surface area contributed by atoms with E-state index in [-0.39, 0.29) is 5.97 Å². The Morgan fingerprint density at radius 1 is 0.372 bits per heavy atom. The van der Waals surface area contributed by atoms with E-state index in [0.29, 0.717) is 13.0 Å². The number of unbranched alkanes of at least 4 members (excludes halogenated alkanes) is 27. The molecule has 0 aromatic carbocycles. The molecule has 0 heterocycles. The van der Waals surface area contributed by atoms with Gasteiger partial charge in [0.15, 0.2) is 0 Å². The van der Waals surface area contributed by atoms with Gasteiger partial charge in [0.2, 0.25) is 0 Å². The maximum atomic E-state index is 12.2. The van der Waals surface area contributed by atoms with E-state index >= 15 is 0 Å². The fraction of sp³-hybridized carbons (Fsp3) is 0.976. The standard InChI is InChI=1S/C41H82O2/c1-4-7-10-13-16-19-22-24-27-30-35-40(36-31-28-25-23-20-17-14-11-8-5-2)37-33-34-39-43-41(42)38-32-29-26-21-18-15-12-9-6-3/h40H,4-39H2,1-3H3. The largest absolute Gasteiger partial charge is 0.466 e. The Kier molecular flexibility index (Phi) is 37.2. The molecule has 0 N–H and O–H groups in total. The van der Waals surface area contributed by atoms with Gasteiger partial charge in [0, 0.05) is 6.42 Å². The van der Waals surface area contributed by atoms with Crippen LogP contribution in [0.3, 0.4) is 0 Å². The van der Waals surface area contributed by atoms with E-state index in [1.807, 2.05) is 0 Å². The average molecular weight is 607 g/mol. The van der Waals surface area contributed by atoms with Crippen LogP contribution in [0.5, 0.6) is 0 Å². The van der Waals surface area contributed by atoms with Gasteiger partial charge in [0.1, 0.15) is 0 Å². The van der Waals surface area contributed by atoms with Crippen molar-refractivity contribution in [3.05, 3.63) is 0 Å². The minimum Gasteiger partial charge on any atom is -0.466 e. The van der Waals surface area contributed by atoms with Crippen molar-refractivity contribution in [1.29, 1.82) is 0 Å². The lowest BCUT2D eigenvalue weighted by molar-refractivity contribution is -0.143. The molecular formula is C41H82O2. The van der Waals surface area contributed by atoms with Crippen molar-refractivity contribution in [1.82, 2.24) is 0 Å². The summed E-state index contributed by atoms with van der Waals surface area (Å²) in [6, 6.07) is 0. The maximum absolute atomic E-state index is 12.2. The normalized spacial score (nSPS) is 11.5. The molecule has 0 aromatic heterocycles. The van der Waals surface area contributed by atoms with Gasteiger partial charge in [-0.1, -0.05) is 220 Å². The van der Waals surface area contributed by atoms with Crippen LogP contribution in [0.4, 0.5) is 0 Å². The van der Waals surface area contributed by atoms with Crippen molar-refractivity contribution in [2.75, 3.05) is 6.61 Å². The predicted molar refractivity (Wildman–Crippen MR) is 193 cm³/mol. The number of carbonyl (C=O) groups excluding carboxylic acids is 1. The third kappa shape index (κ3) is 35.8. The Hall–Kier alpha value is -0.530. The van der Waals surface area contributed by atoms with Gasteiger partial charge in [-0.15, -0.1) is 0 Å². The summed E-state index contributed by atoms with van der Waals surface area (Å²) in [6.45, 7) is 7.52. The van der Waals surface area contributed by atoms with Crippen LogP contribution in [-0.4, -0.2) is 12.6 Å². The second kappa shape index (κ2) is 37.7. The number of hydrogen-bond acceptors (Lipinski definition) is 2. The zero-order valence-electron chi connectivity index (χ0n) is 30.3. The van der Waals surface area contributed by atoms with Crippen molar-refractivity contribution >= 4 is 5.97 Å². The first-order chi connectivity index (χ1) is 21.2. The van der Waals surface area contributed by atoms with E-state index in [1.54, 1.807) is 0 Å². The first kappa shape index (κ1) is 42.5. The van der Waals surface area contributed by atoms with Crippen LogP contribution in [0.1, 0.15) is 245 Å². The van der Waals surface area contributed by atoms with Crippen LogP contribution in [0.25, 0.3) is 0 Å². The van der Waals surface area contributed by atoms with Gasteiger partial charge < -0.3 is 4.74 Å². The molecule has 0 rings (SSSR count). The number of hydrogen-bond donors (Lipinski definition) is 0. The Morgan fingerprint density at radius 3 is 1.00 bits per heavy atom.